The molecule has 7 heteroatoms. The maximum absolute atomic E-state index is 11.5. The fraction of sp³-hybridized carbons (Fsp3) is 0.222. The summed E-state index contributed by atoms with van der Waals surface area (Å²) in [5.74, 6) is 0.690. The number of amides is 1. The molecule has 0 aliphatic heterocycles. The molecule has 0 radical (unpaired) electrons. The average Bonchev–Trinajstić information content (AvgIpc) is 3.12. The monoisotopic (exact) mass is 336 g/mol. The number of para-hydroxylation sites is 1. The number of nitrogens with one attached hydrogen (secondary N) is 1. The van der Waals surface area contributed by atoms with Gasteiger partial charge in [-0.15, -0.1) is 5.10 Å². The lowest BCUT2D eigenvalue weighted by Crippen LogP contribution is -2.22. The molecule has 0 aliphatic carbocycles. The van der Waals surface area contributed by atoms with Crippen LogP contribution in [0.3, 0.4) is 0 Å². The van der Waals surface area contributed by atoms with Crippen molar-refractivity contribution in [3.05, 3.63) is 60.4 Å². The highest BCUT2D eigenvalue weighted by Gasteiger charge is 2.16. The van der Waals surface area contributed by atoms with Crippen molar-refractivity contribution >= 4 is 17.3 Å². The van der Waals surface area contributed by atoms with Gasteiger partial charge in [0.2, 0.25) is 5.91 Å². The van der Waals surface area contributed by atoms with Crippen molar-refractivity contribution in [3.63, 3.8) is 0 Å². The van der Waals surface area contributed by atoms with Gasteiger partial charge in [0.1, 0.15) is 0 Å². The number of benzene rings is 2. The second kappa shape index (κ2) is 7.12. The van der Waals surface area contributed by atoms with E-state index < -0.39 is 0 Å². The molecule has 3 rings (SSSR count). The van der Waals surface area contributed by atoms with E-state index in [1.54, 1.807) is 16.6 Å². The Labute approximate surface area is 146 Å². The number of tetrazole rings is 1. The quantitative estimate of drug-likeness (QED) is 0.775. The summed E-state index contributed by atoms with van der Waals surface area (Å²) in [6, 6.07) is 17.3. The van der Waals surface area contributed by atoms with Gasteiger partial charge in [0.15, 0.2) is 5.82 Å². The number of rotatable bonds is 5. The molecule has 1 heterocycles. The molecular weight excluding hydrogens is 316 g/mol. The summed E-state index contributed by atoms with van der Waals surface area (Å²) in [5.41, 5.74) is 2.62. The third-order valence-corrected chi connectivity index (χ3v) is 3.97. The molecule has 2 aromatic carbocycles. The number of carbonyl (C=O) groups is 1. The number of nitrogens with zero attached hydrogens (tertiary/aromatic N) is 5. The Morgan fingerprint density at radius 3 is 2.64 bits per heavy atom. The van der Waals surface area contributed by atoms with Crippen LogP contribution < -0.4 is 10.2 Å². The molecule has 1 N–H and O–H groups in total. The number of hydrogen-bond donors (Lipinski definition) is 1. The van der Waals surface area contributed by atoms with Crippen LogP contribution in [0.15, 0.2) is 54.6 Å². The molecule has 7 nitrogen and oxygen atoms in total. The summed E-state index contributed by atoms with van der Waals surface area (Å²) in [5, 5.41) is 15.4. The van der Waals surface area contributed by atoms with Crippen LogP contribution in [-0.2, 0) is 4.79 Å². The van der Waals surface area contributed by atoms with E-state index in [0.717, 1.165) is 17.1 Å². The molecule has 0 spiro atoms. The Balaban J connectivity index is 1.82. The molecule has 0 saturated carbocycles. The Hall–Kier alpha value is -3.22. The number of carbonyl (C=O) groups excluding carboxylic acids is 1. The van der Waals surface area contributed by atoms with Crippen molar-refractivity contribution in [1.82, 2.24) is 20.2 Å². The van der Waals surface area contributed by atoms with Crippen molar-refractivity contribution in [1.29, 1.82) is 0 Å². The van der Waals surface area contributed by atoms with Gasteiger partial charge in [-0.3, -0.25) is 4.79 Å². The normalized spacial score (nSPS) is 11.8. The van der Waals surface area contributed by atoms with Gasteiger partial charge < -0.3 is 10.2 Å². The van der Waals surface area contributed by atoms with E-state index in [1.165, 1.54) is 6.92 Å². The van der Waals surface area contributed by atoms with Crippen molar-refractivity contribution in [2.45, 2.75) is 19.9 Å². The van der Waals surface area contributed by atoms with Crippen LogP contribution >= 0.6 is 0 Å². The van der Waals surface area contributed by atoms with Crippen molar-refractivity contribution in [2.75, 3.05) is 17.3 Å². The zero-order valence-electron chi connectivity index (χ0n) is 14.4. The zero-order chi connectivity index (χ0) is 17.8. The lowest BCUT2D eigenvalue weighted by molar-refractivity contribution is -0.116. The summed E-state index contributed by atoms with van der Waals surface area (Å²) in [4.78, 5) is 13.1. The van der Waals surface area contributed by atoms with Crippen molar-refractivity contribution < 1.29 is 4.79 Å². The molecule has 0 fully saturated rings. The summed E-state index contributed by atoms with van der Waals surface area (Å²) < 4.78 is 1.71. The van der Waals surface area contributed by atoms with E-state index in [1.807, 2.05) is 61.5 Å². The van der Waals surface area contributed by atoms with E-state index in [0.29, 0.717) is 5.82 Å². The topological polar surface area (TPSA) is 75.9 Å². The van der Waals surface area contributed by atoms with Crippen LogP contribution in [0.1, 0.15) is 25.7 Å². The number of hydrogen-bond acceptors (Lipinski definition) is 5. The molecule has 1 aromatic heterocycles. The number of anilines is 2. The Morgan fingerprint density at radius 2 is 1.92 bits per heavy atom. The van der Waals surface area contributed by atoms with Gasteiger partial charge >= 0.3 is 0 Å². The van der Waals surface area contributed by atoms with Crippen LogP contribution in [0.25, 0.3) is 5.69 Å². The molecule has 1 atom stereocenters. The summed E-state index contributed by atoms with van der Waals surface area (Å²) in [7, 11) is 1.75. The molecule has 3 aromatic rings. The highest BCUT2D eigenvalue weighted by molar-refractivity contribution is 5.91. The minimum absolute atomic E-state index is 0.0155. The fourth-order valence-corrected chi connectivity index (χ4v) is 2.52. The van der Waals surface area contributed by atoms with Gasteiger partial charge in [0, 0.05) is 25.3 Å². The number of aromatic nitrogens is 4. The third-order valence-electron chi connectivity index (χ3n) is 3.97. The van der Waals surface area contributed by atoms with Crippen LogP contribution in [-0.4, -0.2) is 33.2 Å². The zero-order valence-corrected chi connectivity index (χ0v) is 14.4. The molecule has 1 amide bonds. The largest absolute Gasteiger partial charge is 0.375 e. The predicted octanol–water partition coefficient (Wildman–Crippen LogP) is 2.82. The molecule has 0 bridgehead atoms. The Bertz CT molecular complexity index is 861. The lowest BCUT2D eigenvalue weighted by Gasteiger charge is -2.18. The van der Waals surface area contributed by atoms with Crippen molar-refractivity contribution in [2.24, 2.45) is 0 Å². The van der Waals surface area contributed by atoms with Gasteiger partial charge in [-0.05, 0) is 47.7 Å². The van der Waals surface area contributed by atoms with Crippen LogP contribution in [0.2, 0.25) is 0 Å². The molecular formula is C18H20N6O. The standard InChI is InChI=1S/C18H20N6O/c1-13(18-20-21-22-24(18)16-9-5-4-6-10-16)19-15-8-7-11-17(12-15)23(3)14(2)25/h4-13,19H,1-3H3. The first-order valence-corrected chi connectivity index (χ1v) is 8.01. The van der Waals surface area contributed by atoms with Gasteiger partial charge in [0.25, 0.3) is 0 Å². The molecule has 0 aliphatic rings. The summed E-state index contributed by atoms with van der Waals surface area (Å²) >= 11 is 0. The lowest BCUT2D eigenvalue weighted by atomic mass is 10.2. The van der Waals surface area contributed by atoms with E-state index in [9.17, 15) is 4.79 Å². The van der Waals surface area contributed by atoms with Crippen LogP contribution in [0.4, 0.5) is 11.4 Å². The van der Waals surface area contributed by atoms with Crippen molar-refractivity contribution in [3.8, 4) is 5.69 Å². The van der Waals surface area contributed by atoms with E-state index in [4.69, 9.17) is 0 Å². The smallest absolute Gasteiger partial charge is 0.223 e. The first-order valence-electron chi connectivity index (χ1n) is 8.01. The molecule has 128 valence electrons. The minimum Gasteiger partial charge on any atom is -0.375 e. The maximum atomic E-state index is 11.5. The molecule has 25 heavy (non-hydrogen) atoms. The average molecular weight is 336 g/mol. The Morgan fingerprint density at radius 1 is 1.16 bits per heavy atom. The fourth-order valence-electron chi connectivity index (χ4n) is 2.52. The first kappa shape index (κ1) is 16.6. The third kappa shape index (κ3) is 3.65. The predicted molar refractivity (Wildman–Crippen MR) is 96.7 cm³/mol. The van der Waals surface area contributed by atoms with E-state index in [2.05, 4.69) is 20.8 Å². The van der Waals surface area contributed by atoms with Crippen LogP contribution in [0, 0.1) is 0 Å². The minimum atomic E-state index is -0.118. The van der Waals surface area contributed by atoms with Gasteiger partial charge in [-0.1, -0.05) is 24.3 Å². The van der Waals surface area contributed by atoms with E-state index >= 15 is 0 Å². The van der Waals surface area contributed by atoms with Crippen LogP contribution in [0.5, 0.6) is 0 Å². The second-order valence-electron chi connectivity index (χ2n) is 5.78. The molecule has 0 saturated heterocycles. The van der Waals surface area contributed by atoms with Gasteiger partial charge in [-0.25, -0.2) is 0 Å². The SMILES string of the molecule is CC(=O)N(C)c1cccc(NC(C)c2nnnn2-c2ccccc2)c1. The summed E-state index contributed by atoms with van der Waals surface area (Å²) in [6.45, 7) is 3.53. The highest BCUT2D eigenvalue weighted by atomic mass is 16.2. The summed E-state index contributed by atoms with van der Waals surface area (Å²) in [6.07, 6.45) is 0. The van der Waals surface area contributed by atoms with Gasteiger partial charge in [-0.2, -0.15) is 4.68 Å². The molecule has 1 unspecified atom stereocenters. The Kier molecular flexibility index (Phi) is 4.74. The first-order chi connectivity index (χ1) is 12.1. The highest BCUT2D eigenvalue weighted by Crippen LogP contribution is 2.23. The van der Waals surface area contributed by atoms with Gasteiger partial charge in [0.05, 0.1) is 11.7 Å². The maximum Gasteiger partial charge on any atom is 0.223 e. The van der Waals surface area contributed by atoms with E-state index in [-0.39, 0.29) is 11.9 Å². The second-order valence-corrected chi connectivity index (χ2v) is 5.78.